The normalized spacial score (nSPS) is 11.5. The summed E-state index contributed by atoms with van der Waals surface area (Å²) in [6.45, 7) is 0. The van der Waals surface area contributed by atoms with Crippen LogP contribution in [0.15, 0.2) is 5.16 Å². The molecule has 0 aliphatic carbocycles. The molecule has 0 saturated carbocycles. The molecule has 0 unspecified atom stereocenters. The minimum Gasteiger partial charge on any atom is -0.378 e. The van der Waals surface area contributed by atoms with Crippen LogP contribution in [0.4, 0.5) is 30.5 Å². The Bertz CT molecular complexity index is 444. The van der Waals surface area contributed by atoms with Gasteiger partial charge in [-0.3, -0.25) is 10.1 Å². The van der Waals surface area contributed by atoms with Gasteiger partial charge in [0.25, 0.3) is 0 Å². The zero-order valence-corrected chi connectivity index (χ0v) is 9.59. The molecule has 7 nitrogen and oxygen atoms in total. The predicted octanol–water partition coefficient (Wildman–Crippen LogP) is 1.59. The fraction of sp³-hybridized carbons (Fsp3) is 0.429. The molecular weight excluding hydrogens is 275 g/mol. The number of aromatic nitrogens is 2. The Morgan fingerprint density at radius 2 is 1.78 bits per heavy atom. The monoisotopic (exact) mass is 283 g/mol. The van der Waals surface area contributed by atoms with Crippen LogP contribution in [0.25, 0.3) is 0 Å². The summed E-state index contributed by atoms with van der Waals surface area (Å²) in [6.07, 6.45) is -5.32. The number of nitrogens with zero attached hydrogens (tertiary/aromatic N) is 3. The van der Waals surface area contributed by atoms with Gasteiger partial charge in [-0.05, 0) is 0 Å². The van der Waals surface area contributed by atoms with Crippen LogP contribution in [0, 0.1) is 10.1 Å². The topological polar surface area (TPSA) is 121 Å². The highest BCUT2D eigenvalue weighted by Crippen LogP contribution is 2.29. The summed E-state index contributed by atoms with van der Waals surface area (Å²) >= 11 is 0.671. The number of thioether (sulfide) groups is 1. The van der Waals surface area contributed by atoms with E-state index >= 15 is 0 Å². The largest absolute Gasteiger partial charge is 0.389 e. The van der Waals surface area contributed by atoms with Crippen LogP contribution in [-0.2, 0) is 0 Å². The van der Waals surface area contributed by atoms with E-state index in [0.29, 0.717) is 11.8 Å². The maximum atomic E-state index is 11.9. The number of anilines is 2. The molecule has 1 rings (SSSR count). The minimum atomic E-state index is -4.29. The standard InChI is InChI=1S/C7H8F3N5O2S/c8-7(9,10)1-2-18-6-13-4(11)3(15(16)17)5(12)14-6/h1-2H2,(H4,11,12,13,14). The first-order chi connectivity index (χ1) is 8.20. The molecule has 0 bridgehead atoms. The van der Waals surface area contributed by atoms with Gasteiger partial charge in [-0.25, -0.2) is 0 Å². The number of rotatable bonds is 4. The average molecular weight is 283 g/mol. The van der Waals surface area contributed by atoms with Gasteiger partial charge >= 0.3 is 11.9 Å². The van der Waals surface area contributed by atoms with Crippen LogP contribution in [0.3, 0.4) is 0 Å². The molecule has 0 spiro atoms. The maximum Gasteiger partial charge on any atom is 0.389 e. The Kier molecular flexibility index (Phi) is 4.16. The number of hydrogen-bond acceptors (Lipinski definition) is 7. The van der Waals surface area contributed by atoms with E-state index in [4.69, 9.17) is 11.5 Å². The molecule has 1 aromatic heterocycles. The summed E-state index contributed by atoms with van der Waals surface area (Å²) in [6, 6.07) is 0. The van der Waals surface area contributed by atoms with E-state index in [1.807, 2.05) is 0 Å². The lowest BCUT2D eigenvalue weighted by atomic mass is 10.4. The zero-order valence-electron chi connectivity index (χ0n) is 8.77. The molecule has 1 aromatic rings. The second kappa shape index (κ2) is 5.25. The molecule has 0 aliphatic rings. The number of nitrogens with two attached hydrogens (primary N) is 2. The third-order valence-electron chi connectivity index (χ3n) is 1.72. The van der Waals surface area contributed by atoms with Gasteiger partial charge in [0.1, 0.15) is 0 Å². The Morgan fingerprint density at radius 1 is 1.28 bits per heavy atom. The molecule has 0 aliphatic heterocycles. The summed E-state index contributed by atoms with van der Waals surface area (Å²) in [7, 11) is 0. The van der Waals surface area contributed by atoms with Crippen LogP contribution in [0.5, 0.6) is 0 Å². The summed E-state index contributed by atoms with van der Waals surface area (Å²) < 4.78 is 35.7. The number of alkyl halides is 3. The van der Waals surface area contributed by atoms with Crippen LogP contribution >= 0.6 is 11.8 Å². The van der Waals surface area contributed by atoms with Gasteiger partial charge in [0, 0.05) is 5.75 Å². The highest BCUT2D eigenvalue weighted by molar-refractivity contribution is 7.99. The Morgan fingerprint density at radius 3 is 2.17 bits per heavy atom. The lowest BCUT2D eigenvalue weighted by molar-refractivity contribution is -0.383. The second-order valence-corrected chi connectivity index (χ2v) is 4.16. The Hall–Kier alpha value is -1.78. The van der Waals surface area contributed by atoms with Crippen LogP contribution in [0.1, 0.15) is 6.42 Å². The third-order valence-corrected chi connectivity index (χ3v) is 2.57. The van der Waals surface area contributed by atoms with Crippen molar-refractivity contribution >= 4 is 29.1 Å². The molecule has 0 saturated heterocycles. The predicted molar refractivity (Wildman–Crippen MR) is 58.9 cm³/mol. The Balaban J connectivity index is 2.78. The number of halogens is 3. The zero-order chi connectivity index (χ0) is 13.9. The fourth-order valence-corrected chi connectivity index (χ4v) is 1.82. The number of hydrogen-bond donors (Lipinski definition) is 2. The average Bonchev–Trinajstić information content (AvgIpc) is 2.13. The molecule has 18 heavy (non-hydrogen) atoms. The Labute approximate surface area is 103 Å². The van der Waals surface area contributed by atoms with Crippen molar-refractivity contribution in [3.05, 3.63) is 10.1 Å². The summed E-state index contributed by atoms with van der Waals surface area (Å²) in [5.74, 6) is -1.26. The second-order valence-electron chi connectivity index (χ2n) is 3.10. The van der Waals surface area contributed by atoms with Gasteiger partial charge in [0.15, 0.2) is 5.16 Å². The molecule has 0 atom stereocenters. The minimum absolute atomic E-state index is 0.125. The quantitative estimate of drug-likeness (QED) is 0.372. The molecule has 4 N–H and O–H groups in total. The van der Waals surface area contributed by atoms with Crippen molar-refractivity contribution in [1.29, 1.82) is 0 Å². The highest BCUT2D eigenvalue weighted by atomic mass is 32.2. The molecule has 100 valence electrons. The maximum absolute atomic E-state index is 11.9. The number of nitrogen functional groups attached to an aromatic ring is 2. The first kappa shape index (κ1) is 14.3. The summed E-state index contributed by atoms with van der Waals surface area (Å²) in [4.78, 5) is 16.7. The molecule has 0 radical (unpaired) electrons. The van der Waals surface area contributed by atoms with Crippen molar-refractivity contribution < 1.29 is 18.1 Å². The lowest BCUT2D eigenvalue weighted by Gasteiger charge is -2.06. The van der Waals surface area contributed by atoms with Crippen molar-refractivity contribution in [2.75, 3.05) is 17.2 Å². The fourth-order valence-electron chi connectivity index (χ4n) is 0.978. The molecule has 0 aromatic carbocycles. The van der Waals surface area contributed by atoms with Gasteiger partial charge in [-0.15, -0.1) is 0 Å². The van der Waals surface area contributed by atoms with Crippen LogP contribution in [-0.4, -0.2) is 26.8 Å². The van der Waals surface area contributed by atoms with Gasteiger partial charge in [0.05, 0.1) is 11.3 Å². The van der Waals surface area contributed by atoms with E-state index in [0.717, 1.165) is 0 Å². The first-order valence-corrected chi connectivity index (χ1v) is 5.46. The number of nitro groups is 1. The van der Waals surface area contributed by atoms with E-state index in [1.54, 1.807) is 0 Å². The van der Waals surface area contributed by atoms with Crippen molar-refractivity contribution in [3.8, 4) is 0 Å². The van der Waals surface area contributed by atoms with E-state index in [2.05, 4.69) is 9.97 Å². The lowest BCUT2D eigenvalue weighted by Crippen LogP contribution is -2.09. The summed E-state index contributed by atoms with van der Waals surface area (Å²) in [5, 5.41) is 10.4. The molecule has 1 heterocycles. The first-order valence-electron chi connectivity index (χ1n) is 4.47. The third kappa shape index (κ3) is 3.91. The van der Waals surface area contributed by atoms with Gasteiger partial charge in [0.2, 0.25) is 11.6 Å². The van der Waals surface area contributed by atoms with Crippen molar-refractivity contribution in [2.24, 2.45) is 0 Å². The van der Waals surface area contributed by atoms with Crippen molar-refractivity contribution in [2.45, 2.75) is 17.8 Å². The SMILES string of the molecule is Nc1nc(SCCC(F)(F)F)nc(N)c1[N+](=O)[O-]. The molecule has 11 heteroatoms. The highest BCUT2D eigenvalue weighted by Gasteiger charge is 2.27. The van der Waals surface area contributed by atoms with Crippen molar-refractivity contribution in [3.63, 3.8) is 0 Å². The smallest absolute Gasteiger partial charge is 0.378 e. The van der Waals surface area contributed by atoms with Gasteiger partial charge in [-0.1, -0.05) is 11.8 Å². The van der Waals surface area contributed by atoms with Crippen LogP contribution < -0.4 is 11.5 Å². The molecule has 0 fully saturated rings. The van der Waals surface area contributed by atoms with Gasteiger partial charge < -0.3 is 11.5 Å². The van der Waals surface area contributed by atoms with E-state index in [-0.39, 0.29) is 10.9 Å². The van der Waals surface area contributed by atoms with E-state index in [1.165, 1.54) is 0 Å². The van der Waals surface area contributed by atoms with Crippen LogP contribution in [0.2, 0.25) is 0 Å². The summed E-state index contributed by atoms with van der Waals surface area (Å²) in [5.41, 5.74) is 9.90. The van der Waals surface area contributed by atoms with Gasteiger partial charge in [-0.2, -0.15) is 23.1 Å². The van der Waals surface area contributed by atoms with E-state index in [9.17, 15) is 23.3 Å². The van der Waals surface area contributed by atoms with Crippen molar-refractivity contribution in [1.82, 2.24) is 9.97 Å². The van der Waals surface area contributed by atoms with E-state index < -0.39 is 34.8 Å². The molecule has 0 amide bonds. The molecular formula is C7H8F3N5O2S.